The van der Waals surface area contributed by atoms with Crippen LogP contribution in [0.15, 0.2) is 18.2 Å². The Kier molecular flexibility index (Phi) is 5.23. The maximum atomic E-state index is 12.5. The predicted molar refractivity (Wildman–Crippen MR) is 85.9 cm³/mol. The third kappa shape index (κ3) is 3.38. The highest BCUT2D eigenvalue weighted by Gasteiger charge is 2.35. The molecule has 21 heavy (non-hydrogen) atoms. The molecule has 0 radical (unpaired) electrons. The molecular formula is C17H26N2O2. The Hall–Kier alpha value is -1.55. The number of hydrogen-bond acceptors (Lipinski definition) is 3. The Bertz CT molecular complexity index is 502. The fraction of sp³-hybridized carbons (Fsp3) is 0.588. The van der Waals surface area contributed by atoms with E-state index in [1.165, 1.54) is 11.1 Å². The second-order valence-electron chi connectivity index (χ2n) is 5.73. The van der Waals surface area contributed by atoms with Crippen LogP contribution in [0.4, 0.5) is 10.5 Å². The zero-order valence-electron chi connectivity index (χ0n) is 13.5. The first-order valence-electron chi connectivity index (χ1n) is 7.79. The molecule has 1 N–H and O–H groups in total. The molecule has 2 rings (SSSR count). The molecule has 4 nitrogen and oxygen atoms in total. The van der Waals surface area contributed by atoms with Crippen LogP contribution in [-0.2, 0) is 4.74 Å². The highest BCUT2D eigenvalue weighted by Crippen LogP contribution is 2.30. The molecule has 0 aromatic heterocycles. The molecule has 1 saturated carbocycles. The summed E-state index contributed by atoms with van der Waals surface area (Å²) in [4.78, 5) is 14.3. The Labute approximate surface area is 127 Å². The van der Waals surface area contributed by atoms with Gasteiger partial charge in [0, 0.05) is 11.7 Å². The van der Waals surface area contributed by atoms with Crippen LogP contribution in [0.2, 0.25) is 0 Å². The van der Waals surface area contributed by atoms with E-state index in [0.717, 1.165) is 24.9 Å². The zero-order chi connectivity index (χ0) is 15.4. The lowest BCUT2D eigenvalue weighted by atomic mass is 10.1. The molecule has 4 heteroatoms. The van der Waals surface area contributed by atoms with E-state index >= 15 is 0 Å². The second kappa shape index (κ2) is 6.94. The van der Waals surface area contributed by atoms with Crippen molar-refractivity contribution in [3.8, 4) is 0 Å². The van der Waals surface area contributed by atoms with Crippen molar-refractivity contribution in [2.45, 2.75) is 52.1 Å². The fourth-order valence-corrected chi connectivity index (χ4v) is 3.09. The number of likely N-dealkylation sites (N-methyl/N-ethyl adjacent to an activating group) is 1. The van der Waals surface area contributed by atoms with E-state index in [1.807, 2.05) is 24.9 Å². The summed E-state index contributed by atoms with van der Waals surface area (Å²) in [5.41, 5.74) is 3.36. The summed E-state index contributed by atoms with van der Waals surface area (Å²) in [5, 5.41) is 3.34. The topological polar surface area (TPSA) is 41.6 Å². The van der Waals surface area contributed by atoms with Crippen molar-refractivity contribution in [1.82, 2.24) is 5.32 Å². The van der Waals surface area contributed by atoms with Crippen LogP contribution in [0, 0.1) is 13.8 Å². The largest absolute Gasteiger partial charge is 0.449 e. The van der Waals surface area contributed by atoms with Crippen LogP contribution in [-0.4, -0.2) is 31.8 Å². The van der Waals surface area contributed by atoms with Gasteiger partial charge in [-0.2, -0.15) is 0 Å². The summed E-state index contributed by atoms with van der Waals surface area (Å²) in [7, 11) is 1.96. The van der Waals surface area contributed by atoms with Gasteiger partial charge in [-0.3, -0.25) is 4.90 Å². The number of carbonyl (C=O) groups is 1. The minimum absolute atomic E-state index is 0.163. The highest BCUT2D eigenvalue weighted by atomic mass is 16.6. The standard InChI is InChI=1S/C17H26N2O2/c1-5-21-17(20)19(16-8-6-7-15(16)18-4)14-10-9-12(2)13(3)11-14/h9-11,15-16,18H,5-8H2,1-4H3. The van der Waals surface area contributed by atoms with Gasteiger partial charge in [0.1, 0.15) is 0 Å². The Morgan fingerprint density at radius 1 is 1.33 bits per heavy atom. The maximum Gasteiger partial charge on any atom is 0.414 e. The van der Waals surface area contributed by atoms with Gasteiger partial charge in [0.25, 0.3) is 0 Å². The number of benzene rings is 1. The molecule has 1 fully saturated rings. The van der Waals surface area contributed by atoms with Crippen LogP contribution >= 0.6 is 0 Å². The molecule has 2 atom stereocenters. The molecule has 0 heterocycles. The van der Waals surface area contributed by atoms with Gasteiger partial charge >= 0.3 is 6.09 Å². The molecule has 1 aliphatic rings. The van der Waals surface area contributed by atoms with Crippen LogP contribution in [0.25, 0.3) is 0 Å². The van der Waals surface area contributed by atoms with E-state index in [-0.39, 0.29) is 12.1 Å². The van der Waals surface area contributed by atoms with Gasteiger partial charge < -0.3 is 10.1 Å². The quantitative estimate of drug-likeness (QED) is 0.924. The molecule has 0 saturated heterocycles. The number of anilines is 1. The van der Waals surface area contributed by atoms with Crippen molar-refractivity contribution in [3.05, 3.63) is 29.3 Å². The number of hydrogen-bond donors (Lipinski definition) is 1. The van der Waals surface area contributed by atoms with Crippen molar-refractivity contribution in [3.63, 3.8) is 0 Å². The molecule has 0 aliphatic heterocycles. The number of nitrogens with one attached hydrogen (secondary N) is 1. The molecule has 0 bridgehead atoms. The van der Waals surface area contributed by atoms with Crippen LogP contribution in [0.3, 0.4) is 0 Å². The Morgan fingerprint density at radius 2 is 2.10 bits per heavy atom. The van der Waals surface area contributed by atoms with E-state index in [4.69, 9.17) is 4.74 Å². The molecule has 1 aromatic rings. The van der Waals surface area contributed by atoms with E-state index in [0.29, 0.717) is 12.6 Å². The number of aryl methyl sites for hydroxylation is 2. The lowest BCUT2D eigenvalue weighted by molar-refractivity contribution is 0.156. The van der Waals surface area contributed by atoms with Crippen molar-refractivity contribution in [1.29, 1.82) is 0 Å². The summed E-state index contributed by atoms with van der Waals surface area (Å²) >= 11 is 0. The summed E-state index contributed by atoms with van der Waals surface area (Å²) in [6, 6.07) is 6.66. The van der Waals surface area contributed by atoms with Crippen LogP contribution in [0.1, 0.15) is 37.3 Å². The van der Waals surface area contributed by atoms with Gasteiger partial charge in [-0.15, -0.1) is 0 Å². The van der Waals surface area contributed by atoms with E-state index in [2.05, 4.69) is 31.3 Å². The first-order valence-corrected chi connectivity index (χ1v) is 7.79. The Balaban J connectivity index is 2.35. The molecular weight excluding hydrogens is 264 g/mol. The predicted octanol–water partition coefficient (Wildman–Crippen LogP) is 3.41. The lowest BCUT2D eigenvalue weighted by Crippen LogP contribution is -2.49. The normalized spacial score (nSPS) is 21.3. The average Bonchev–Trinajstić information content (AvgIpc) is 2.91. The first-order chi connectivity index (χ1) is 10.1. The number of ether oxygens (including phenoxy) is 1. The third-order valence-electron chi connectivity index (χ3n) is 4.42. The monoisotopic (exact) mass is 290 g/mol. The summed E-state index contributed by atoms with van der Waals surface area (Å²) in [5.74, 6) is 0. The number of amides is 1. The van der Waals surface area contributed by atoms with Crippen LogP contribution < -0.4 is 10.2 Å². The Morgan fingerprint density at radius 3 is 2.71 bits per heavy atom. The smallest absolute Gasteiger partial charge is 0.414 e. The zero-order valence-corrected chi connectivity index (χ0v) is 13.5. The minimum Gasteiger partial charge on any atom is -0.449 e. The molecule has 1 aromatic carbocycles. The lowest BCUT2D eigenvalue weighted by Gasteiger charge is -2.32. The summed E-state index contributed by atoms with van der Waals surface area (Å²) in [6.07, 6.45) is 3.00. The van der Waals surface area contributed by atoms with Crippen molar-refractivity contribution in [2.24, 2.45) is 0 Å². The van der Waals surface area contributed by atoms with Crippen molar-refractivity contribution >= 4 is 11.8 Å². The number of rotatable bonds is 4. The van der Waals surface area contributed by atoms with Gasteiger partial charge in [0.15, 0.2) is 0 Å². The maximum absolute atomic E-state index is 12.5. The number of nitrogens with zero attached hydrogens (tertiary/aromatic N) is 1. The van der Waals surface area contributed by atoms with Gasteiger partial charge in [-0.1, -0.05) is 6.07 Å². The van der Waals surface area contributed by atoms with Crippen molar-refractivity contribution in [2.75, 3.05) is 18.6 Å². The number of carbonyl (C=O) groups excluding carboxylic acids is 1. The SMILES string of the molecule is CCOC(=O)N(c1ccc(C)c(C)c1)C1CCCC1NC. The molecule has 1 aliphatic carbocycles. The van der Waals surface area contributed by atoms with Crippen LogP contribution in [0.5, 0.6) is 0 Å². The van der Waals surface area contributed by atoms with E-state index in [1.54, 1.807) is 0 Å². The molecule has 1 amide bonds. The van der Waals surface area contributed by atoms with Crippen molar-refractivity contribution < 1.29 is 9.53 Å². The molecule has 0 spiro atoms. The van der Waals surface area contributed by atoms with Gasteiger partial charge in [0.2, 0.25) is 0 Å². The minimum atomic E-state index is -0.243. The highest BCUT2D eigenvalue weighted by molar-refractivity contribution is 5.88. The van der Waals surface area contributed by atoms with Gasteiger partial charge in [-0.05, 0) is 70.3 Å². The summed E-state index contributed by atoms with van der Waals surface area (Å²) < 4.78 is 5.29. The first kappa shape index (κ1) is 15.8. The molecule has 2 unspecified atom stereocenters. The third-order valence-corrected chi connectivity index (χ3v) is 4.42. The fourth-order valence-electron chi connectivity index (χ4n) is 3.09. The van der Waals surface area contributed by atoms with Gasteiger partial charge in [0.05, 0.1) is 12.6 Å². The summed E-state index contributed by atoms with van der Waals surface area (Å²) in [6.45, 7) is 6.41. The average molecular weight is 290 g/mol. The van der Waals surface area contributed by atoms with E-state index in [9.17, 15) is 4.79 Å². The van der Waals surface area contributed by atoms with Gasteiger partial charge in [-0.25, -0.2) is 4.79 Å². The van der Waals surface area contributed by atoms with E-state index < -0.39 is 0 Å². The molecule has 116 valence electrons. The second-order valence-corrected chi connectivity index (χ2v) is 5.73.